The second kappa shape index (κ2) is 10.3. The molecule has 2 aromatic rings. The Hall–Kier alpha value is -0.450. The van der Waals surface area contributed by atoms with E-state index in [2.05, 4.69) is 68.4 Å². The van der Waals surface area contributed by atoms with E-state index in [0.29, 0.717) is 0 Å². The molecule has 0 bridgehead atoms. The quantitative estimate of drug-likeness (QED) is 0.257. The summed E-state index contributed by atoms with van der Waals surface area (Å²) in [6.07, 6.45) is 9.77. The number of rotatable bonds is 7. The number of halogens is 2. The van der Waals surface area contributed by atoms with E-state index in [1.807, 2.05) is 0 Å². The van der Waals surface area contributed by atoms with Crippen molar-refractivity contribution in [3.63, 3.8) is 0 Å². The van der Waals surface area contributed by atoms with Crippen LogP contribution >= 0.6 is 0 Å². The first-order valence-electron chi connectivity index (χ1n) is 7.73. The number of hydrogen-bond donors (Lipinski definition) is 0. The fraction of sp³-hybridized carbons (Fsp3) is 0.500. The number of hydrogen-bond acceptors (Lipinski definition) is 0. The van der Waals surface area contributed by atoms with Gasteiger partial charge in [0.1, 0.15) is 6.54 Å². The largest absolute Gasteiger partial charge is 1.00 e. The van der Waals surface area contributed by atoms with E-state index >= 15 is 0 Å². The molecule has 0 N–H and O–H groups in total. The summed E-state index contributed by atoms with van der Waals surface area (Å²) in [6.45, 7) is 2.42. The smallest absolute Gasteiger partial charge is 0.176 e. The number of quaternary nitrogens is 1. The maximum Gasteiger partial charge on any atom is 0.176 e. The first-order valence-corrected chi connectivity index (χ1v) is 7.73. The lowest BCUT2D eigenvalue weighted by Crippen LogP contribution is -3.00. The molecule has 0 amide bonds. The van der Waals surface area contributed by atoms with Gasteiger partial charge in [0.15, 0.2) is 12.4 Å². The molecule has 0 unspecified atom stereocenters. The highest BCUT2D eigenvalue weighted by Crippen LogP contribution is 2.10. The number of fused-ring (bicyclic) bond motifs is 1. The second-order valence-corrected chi connectivity index (χ2v) is 6.74. The van der Waals surface area contributed by atoms with Crippen molar-refractivity contribution in [2.24, 2.45) is 0 Å². The van der Waals surface area contributed by atoms with Crippen LogP contribution in [0.4, 0.5) is 0 Å². The van der Waals surface area contributed by atoms with Crippen LogP contribution < -0.4 is 38.5 Å². The van der Waals surface area contributed by atoms with Gasteiger partial charge in [0, 0.05) is 17.9 Å². The highest BCUT2D eigenvalue weighted by Gasteiger charge is 2.06. The third-order valence-electron chi connectivity index (χ3n) is 3.74. The van der Waals surface area contributed by atoms with Crippen molar-refractivity contribution >= 4 is 10.8 Å². The van der Waals surface area contributed by atoms with Crippen molar-refractivity contribution < 1.29 is 43.0 Å². The zero-order valence-corrected chi connectivity index (χ0v) is 17.1. The third-order valence-corrected chi connectivity index (χ3v) is 3.74. The molecule has 0 saturated carbocycles. The predicted octanol–water partition coefficient (Wildman–Crippen LogP) is -2.60. The van der Waals surface area contributed by atoms with Gasteiger partial charge < -0.3 is 38.4 Å². The second-order valence-electron chi connectivity index (χ2n) is 6.74. The van der Waals surface area contributed by atoms with E-state index < -0.39 is 0 Å². The van der Waals surface area contributed by atoms with Crippen LogP contribution in [0.25, 0.3) is 10.8 Å². The van der Waals surface area contributed by atoms with E-state index in [1.54, 1.807) is 0 Å². The van der Waals surface area contributed by atoms with Crippen molar-refractivity contribution in [1.82, 2.24) is 0 Å². The van der Waals surface area contributed by atoms with Gasteiger partial charge in [-0.1, -0.05) is 18.2 Å². The first kappa shape index (κ1) is 21.6. The summed E-state index contributed by atoms with van der Waals surface area (Å²) in [5.41, 5.74) is 0. The summed E-state index contributed by atoms with van der Waals surface area (Å²) in [5, 5.41) is 2.66. The topological polar surface area (TPSA) is 3.88 Å². The minimum Gasteiger partial charge on any atom is -1.00 e. The lowest BCUT2D eigenvalue weighted by molar-refractivity contribution is -0.870. The Balaban J connectivity index is 0.00000220. The molecule has 2 rings (SSSR count). The van der Waals surface area contributed by atoms with Crippen LogP contribution in [0.2, 0.25) is 0 Å². The number of pyridine rings is 1. The summed E-state index contributed by atoms with van der Waals surface area (Å²) >= 11 is 0. The molecule has 0 atom stereocenters. The fourth-order valence-corrected chi connectivity index (χ4v) is 2.55. The van der Waals surface area contributed by atoms with Gasteiger partial charge in [0.25, 0.3) is 0 Å². The monoisotopic (exact) mass is 430 g/mol. The van der Waals surface area contributed by atoms with Crippen LogP contribution in [0.3, 0.4) is 0 Å². The Morgan fingerprint density at radius 2 is 1.45 bits per heavy atom. The molecule has 22 heavy (non-hydrogen) atoms. The molecule has 2 nitrogen and oxygen atoms in total. The molecule has 1 aromatic carbocycles. The van der Waals surface area contributed by atoms with E-state index in [9.17, 15) is 0 Å². The molecule has 0 spiro atoms. The summed E-state index contributed by atoms with van der Waals surface area (Å²) in [5.74, 6) is 0. The highest BCUT2D eigenvalue weighted by molar-refractivity contribution is 5.80. The van der Waals surface area contributed by atoms with E-state index in [-0.39, 0.29) is 34.0 Å². The van der Waals surface area contributed by atoms with Gasteiger partial charge in [-0.15, -0.1) is 0 Å². The molecular weight excluding hydrogens is 404 g/mol. The molecule has 1 heterocycles. The van der Waals surface area contributed by atoms with Gasteiger partial charge in [-0.3, -0.25) is 0 Å². The third kappa shape index (κ3) is 7.70. The predicted molar refractivity (Wildman–Crippen MR) is 85.5 cm³/mol. The molecule has 4 heteroatoms. The van der Waals surface area contributed by atoms with Crippen molar-refractivity contribution in [2.75, 3.05) is 27.7 Å². The molecule has 0 fully saturated rings. The molecule has 0 aliphatic heterocycles. The maximum atomic E-state index is 2.32. The molecule has 0 aliphatic carbocycles. The van der Waals surface area contributed by atoms with Crippen LogP contribution in [0.15, 0.2) is 42.7 Å². The van der Waals surface area contributed by atoms with Crippen LogP contribution in [0.5, 0.6) is 0 Å². The molecule has 0 saturated heterocycles. The average Bonchev–Trinajstić information content (AvgIpc) is 2.41. The van der Waals surface area contributed by atoms with Crippen LogP contribution in [-0.4, -0.2) is 32.2 Å². The van der Waals surface area contributed by atoms with Gasteiger partial charge in [-0.05, 0) is 30.7 Å². The highest BCUT2D eigenvalue weighted by atomic mass is 79.9. The number of unbranched alkanes of at least 4 members (excludes halogenated alkanes) is 3. The molecule has 0 radical (unpaired) electrons. The lowest BCUT2D eigenvalue weighted by atomic mass is 10.1. The molecule has 124 valence electrons. The summed E-state index contributed by atoms with van der Waals surface area (Å²) in [4.78, 5) is 0. The minimum atomic E-state index is 0. The number of benzene rings is 1. The normalized spacial score (nSPS) is 10.9. The maximum absolute atomic E-state index is 2.32. The molecular formula is C18H28Br2N2. The Kier molecular flexibility index (Phi) is 10.1. The van der Waals surface area contributed by atoms with Gasteiger partial charge in [-0.25, -0.2) is 4.57 Å². The van der Waals surface area contributed by atoms with Gasteiger partial charge in [-0.2, -0.15) is 0 Å². The lowest BCUT2D eigenvalue weighted by Gasteiger charge is -2.23. The van der Waals surface area contributed by atoms with Crippen molar-refractivity contribution in [2.45, 2.75) is 32.2 Å². The zero-order valence-electron chi connectivity index (χ0n) is 13.9. The first-order chi connectivity index (χ1) is 9.54. The Bertz CT molecular complexity index is 550. The van der Waals surface area contributed by atoms with Gasteiger partial charge in [0.2, 0.25) is 0 Å². The fourth-order valence-electron chi connectivity index (χ4n) is 2.55. The van der Waals surface area contributed by atoms with Gasteiger partial charge in [0.05, 0.1) is 27.7 Å². The SMILES string of the molecule is C[N+](C)(C)CCCCCC[n+]1ccc2ccccc2c1.[Br-].[Br-]. The van der Waals surface area contributed by atoms with Crippen molar-refractivity contribution in [3.8, 4) is 0 Å². The Labute approximate surface area is 156 Å². The molecule has 1 aromatic heterocycles. The van der Waals surface area contributed by atoms with Crippen molar-refractivity contribution in [1.29, 1.82) is 0 Å². The van der Waals surface area contributed by atoms with E-state index in [0.717, 1.165) is 11.0 Å². The standard InChI is InChI=1S/C18H28N2.2BrH/c1-20(2,3)15-9-5-4-8-13-19-14-12-17-10-6-7-11-18(17)16-19;;/h6-7,10-12,14,16H,4-5,8-9,13,15H2,1-3H3;2*1H/q+2;;/p-2. The van der Waals surface area contributed by atoms with Crippen molar-refractivity contribution in [3.05, 3.63) is 42.7 Å². The average molecular weight is 432 g/mol. The molecule has 0 aliphatic rings. The Morgan fingerprint density at radius 1 is 0.818 bits per heavy atom. The summed E-state index contributed by atoms with van der Waals surface area (Å²) < 4.78 is 3.40. The van der Waals surface area contributed by atoms with Crippen LogP contribution in [0.1, 0.15) is 25.7 Å². The Morgan fingerprint density at radius 3 is 2.14 bits per heavy atom. The van der Waals surface area contributed by atoms with Crippen LogP contribution in [0, 0.1) is 0 Å². The number of nitrogens with zero attached hydrogens (tertiary/aromatic N) is 2. The van der Waals surface area contributed by atoms with Crippen LogP contribution in [-0.2, 0) is 6.54 Å². The summed E-state index contributed by atoms with van der Waals surface area (Å²) in [7, 11) is 6.81. The van der Waals surface area contributed by atoms with E-state index in [1.165, 1.54) is 43.0 Å². The minimum absolute atomic E-state index is 0. The number of aryl methyl sites for hydroxylation is 1. The number of aromatic nitrogens is 1. The zero-order chi connectivity index (χ0) is 14.4. The summed E-state index contributed by atoms with van der Waals surface area (Å²) in [6, 6.07) is 10.8. The van der Waals surface area contributed by atoms with Gasteiger partial charge >= 0.3 is 0 Å². The van der Waals surface area contributed by atoms with E-state index in [4.69, 9.17) is 0 Å².